The molecule has 0 aliphatic carbocycles. The first-order valence-corrected chi connectivity index (χ1v) is 6.13. The van der Waals surface area contributed by atoms with Gasteiger partial charge in [0.05, 0.1) is 10.7 Å². The van der Waals surface area contributed by atoms with Crippen LogP contribution in [0.2, 0.25) is 0 Å². The van der Waals surface area contributed by atoms with Crippen LogP contribution < -0.4 is 11.2 Å². The molecule has 2 aromatic rings. The fraction of sp³-hybridized carbons (Fsp3) is 0.167. The third-order valence-corrected chi connectivity index (χ3v) is 3.57. The molecule has 1 aromatic carbocycles. The van der Waals surface area contributed by atoms with Crippen LogP contribution >= 0.6 is 11.3 Å². The molecular formula is C12H13N3O2S. The second kappa shape index (κ2) is 4.75. The molecule has 0 atom stereocenters. The van der Waals surface area contributed by atoms with Crippen molar-refractivity contribution in [3.8, 4) is 0 Å². The monoisotopic (exact) mass is 263 g/mol. The van der Waals surface area contributed by atoms with E-state index in [1.165, 1.54) is 11.3 Å². The molecule has 2 rings (SSSR count). The number of anilines is 2. The molecule has 0 unspecified atom stereocenters. The number of aromatic nitrogens is 1. The topological polar surface area (TPSA) is 88.2 Å². The Bertz CT molecular complexity index is 607. The number of hydrogen-bond acceptors (Lipinski definition) is 6. The number of thiazole rings is 1. The SMILES string of the molecule is Cc1nc(N)c(C(=O)c2ccc(C)c(NO)c2)s1. The van der Waals surface area contributed by atoms with Crippen molar-refractivity contribution in [1.29, 1.82) is 0 Å². The van der Waals surface area contributed by atoms with Crippen molar-refractivity contribution in [2.75, 3.05) is 11.2 Å². The van der Waals surface area contributed by atoms with Gasteiger partial charge >= 0.3 is 0 Å². The number of aryl methyl sites for hydroxylation is 2. The lowest BCUT2D eigenvalue weighted by Gasteiger charge is -2.06. The van der Waals surface area contributed by atoms with Crippen molar-refractivity contribution >= 4 is 28.6 Å². The van der Waals surface area contributed by atoms with Crippen LogP contribution in [0.3, 0.4) is 0 Å². The summed E-state index contributed by atoms with van der Waals surface area (Å²) in [6.07, 6.45) is 0. The van der Waals surface area contributed by atoms with Gasteiger partial charge in [-0.2, -0.15) is 0 Å². The highest BCUT2D eigenvalue weighted by Gasteiger charge is 2.17. The van der Waals surface area contributed by atoms with E-state index in [0.717, 1.165) is 10.6 Å². The molecule has 18 heavy (non-hydrogen) atoms. The van der Waals surface area contributed by atoms with Gasteiger partial charge in [-0.25, -0.2) is 4.98 Å². The summed E-state index contributed by atoms with van der Waals surface area (Å²) in [5, 5.41) is 9.71. The quantitative estimate of drug-likeness (QED) is 0.584. The number of carbonyl (C=O) groups excluding carboxylic acids is 1. The van der Waals surface area contributed by atoms with Crippen molar-refractivity contribution < 1.29 is 10.0 Å². The predicted octanol–water partition coefficient (Wildman–Crippen LogP) is 2.37. The van der Waals surface area contributed by atoms with Gasteiger partial charge < -0.3 is 5.73 Å². The van der Waals surface area contributed by atoms with E-state index in [1.807, 2.05) is 6.92 Å². The molecule has 1 aromatic heterocycles. The lowest BCUT2D eigenvalue weighted by Crippen LogP contribution is -2.04. The first-order valence-electron chi connectivity index (χ1n) is 5.31. The van der Waals surface area contributed by atoms with Gasteiger partial charge in [-0.15, -0.1) is 11.3 Å². The van der Waals surface area contributed by atoms with E-state index in [2.05, 4.69) is 10.5 Å². The molecule has 5 nitrogen and oxygen atoms in total. The molecule has 94 valence electrons. The minimum Gasteiger partial charge on any atom is -0.382 e. The van der Waals surface area contributed by atoms with Crippen LogP contribution in [0.4, 0.5) is 11.5 Å². The number of ketones is 1. The summed E-state index contributed by atoms with van der Waals surface area (Å²) in [4.78, 5) is 16.7. The highest BCUT2D eigenvalue weighted by atomic mass is 32.1. The van der Waals surface area contributed by atoms with Crippen LogP contribution in [0.25, 0.3) is 0 Å². The van der Waals surface area contributed by atoms with Gasteiger partial charge in [0.2, 0.25) is 5.78 Å². The van der Waals surface area contributed by atoms with Crippen LogP contribution in [0.5, 0.6) is 0 Å². The van der Waals surface area contributed by atoms with Crippen LogP contribution in [0.15, 0.2) is 18.2 Å². The van der Waals surface area contributed by atoms with Crippen LogP contribution in [0.1, 0.15) is 25.8 Å². The number of nitrogens with two attached hydrogens (primary N) is 1. The Balaban J connectivity index is 2.43. The predicted molar refractivity (Wildman–Crippen MR) is 71.3 cm³/mol. The number of nitrogens with one attached hydrogen (secondary N) is 1. The fourth-order valence-corrected chi connectivity index (χ4v) is 2.42. The zero-order chi connectivity index (χ0) is 13.3. The van der Waals surface area contributed by atoms with E-state index < -0.39 is 0 Å². The maximum Gasteiger partial charge on any atom is 0.206 e. The molecule has 0 saturated carbocycles. The van der Waals surface area contributed by atoms with Crippen LogP contribution in [-0.2, 0) is 0 Å². The van der Waals surface area contributed by atoms with Gasteiger partial charge in [-0.05, 0) is 25.5 Å². The van der Waals surface area contributed by atoms with E-state index in [1.54, 1.807) is 25.1 Å². The number of nitrogen functional groups attached to an aromatic ring is 1. The second-order valence-corrected chi connectivity index (χ2v) is 5.12. The van der Waals surface area contributed by atoms with Crippen molar-refractivity contribution in [1.82, 2.24) is 4.98 Å². The lowest BCUT2D eigenvalue weighted by atomic mass is 10.1. The standard InChI is InChI=1S/C12H13N3O2S/c1-6-3-4-8(5-9(6)15-17)10(16)11-12(13)14-7(2)18-11/h3-5,15,17H,13H2,1-2H3. The average molecular weight is 263 g/mol. The molecular weight excluding hydrogens is 250 g/mol. The summed E-state index contributed by atoms with van der Waals surface area (Å²) >= 11 is 1.27. The van der Waals surface area contributed by atoms with Crippen molar-refractivity contribution in [3.63, 3.8) is 0 Å². The van der Waals surface area contributed by atoms with Gasteiger partial charge in [0.1, 0.15) is 10.7 Å². The van der Waals surface area contributed by atoms with Gasteiger partial charge in [-0.1, -0.05) is 12.1 Å². The van der Waals surface area contributed by atoms with Gasteiger partial charge in [0, 0.05) is 5.56 Å². The van der Waals surface area contributed by atoms with E-state index in [4.69, 9.17) is 10.9 Å². The highest BCUT2D eigenvalue weighted by molar-refractivity contribution is 7.14. The van der Waals surface area contributed by atoms with E-state index in [9.17, 15) is 4.79 Å². The first kappa shape index (κ1) is 12.5. The summed E-state index contributed by atoms with van der Waals surface area (Å²) in [6, 6.07) is 5.05. The molecule has 4 N–H and O–H groups in total. The van der Waals surface area contributed by atoms with Crippen LogP contribution in [0, 0.1) is 13.8 Å². The zero-order valence-electron chi connectivity index (χ0n) is 10.0. The number of hydrogen-bond donors (Lipinski definition) is 3. The Hall–Kier alpha value is -1.92. The van der Waals surface area contributed by atoms with Gasteiger partial charge in [0.25, 0.3) is 0 Å². The molecule has 0 spiro atoms. The average Bonchev–Trinajstić information content (AvgIpc) is 2.68. The normalized spacial score (nSPS) is 10.4. The molecule has 0 saturated heterocycles. The second-order valence-electron chi connectivity index (χ2n) is 3.92. The molecule has 0 aliphatic rings. The lowest BCUT2D eigenvalue weighted by molar-refractivity contribution is 0.104. The number of benzene rings is 1. The third-order valence-electron chi connectivity index (χ3n) is 2.59. The van der Waals surface area contributed by atoms with Crippen molar-refractivity contribution in [2.24, 2.45) is 0 Å². The Morgan fingerprint density at radius 3 is 2.72 bits per heavy atom. The summed E-state index contributed by atoms with van der Waals surface area (Å²) in [5.74, 6) is 0.0659. The van der Waals surface area contributed by atoms with Crippen LogP contribution in [-0.4, -0.2) is 16.0 Å². The Kier molecular flexibility index (Phi) is 3.31. The summed E-state index contributed by atoms with van der Waals surface area (Å²) < 4.78 is 0. The maximum absolute atomic E-state index is 12.2. The number of nitrogens with zero attached hydrogens (tertiary/aromatic N) is 1. The van der Waals surface area contributed by atoms with Crippen molar-refractivity contribution in [2.45, 2.75) is 13.8 Å². The zero-order valence-corrected chi connectivity index (χ0v) is 10.8. The van der Waals surface area contributed by atoms with Crippen molar-refractivity contribution in [3.05, 3.63) is 39.2 Å². The van der Waals surface area contributed by atoms with E-state index in [0.29, 0.717) is 16.1 Å². The molecule has 0 radical (unpaired) electrons. The Morgan fingerprint density at radius 2 is 2.17 bits per heavy atom. The first-order chi connectivity index (χ1) is 8.52. The summed E-state index contributed by atoms with van der Waals surface area (Å²) in [5.41, 5.74) is 9.58. The smallest absolute Gasteiger partial charge is 0.206 e. The Morgan fingerprint density at radius 1 is 1.44 bits per heavy atom. The summed E-state index contributed by atoms with van der Waals surface area (Å²) in [7, 11) is 0. The number of rotatable bonds is 3. The Labute approximate surface area is 108 Å². The van der Waals surface area contributed by atoms with E-state index in [-0.39, 0.29) is 11.6 Å². The largest absolute Gasteiger partial charge is 0.382 e. The molecule has 6 heteroatoms. The minimum atomic E-state index is -0.186. The summed E-state index contributed by atoms with van der Waals surface area (Å²) in [6.45, 7) is 3.63. The molecule has 0 fully saturated rings. The maximum atomic E-state index is 12.2. The van der Waals surface area contributed by atoms with Gasteiger partial charge in [-0.3, -0.25) is 15.5 Å². The molecule has 0 aliphatic heterocycles. The molecule has 0 bridgehead atoms. The highest BCUT2D eigenvalue weighted by Crippen LogP contribution is 2.25. The number of carbonyl (C=O) groups is 1. The third kappa shape index (κ3) is 2.20. The molecule has 1 heterocycles. The van der Waals surface area contributed by atoms with E-state index >= 15 is 0 Å². The van der Waals surface area contributed by atoms with Gasteiger partial charge in [0.15, 0.2) is 0 Å². The fourth-order valence-electron chi connectivity index (χ4n) is 1.62. The molecule has 0 amide bonds. The minimum absolute atomic E-state index is 0.186.